The van der Waals surface area contributed by atoms with Crippen LogP contribution in [0.25, 0.3) is 0 Å². The highest BCUT2D eigenvalue weighted by molar-refractivity contribution is 5.20. The topological polar surface area (TPSA) is 20.2 Å². The highest BCUT2D eigenvalue weighted by atomic mass is 16.3. The van der Waals surface area contributed by atoms with Gasteiger partial charge in [-0.15, -0.1) is 6.42 Å². The minimum absolute atomic E-state index is 0.113. The van der Waals surface area contributed by atoms with Crippen LogP contribution < -0.4 is 0 Å². The lowest BCUT2D eigenvalue weighted by molar-refractivity contribution is -0.00672. The number of hydrogen-bond donors (Lipinski definition) is 1. The fraction of sp³-hybridized carbons (Fsp3) is 0.818. The molecule has 1 nitrogen and oxygen atoms in total. The molecule has 1 spiro atoms. The summed E-state index contributed by atoms with van der Waals surface area (Å²) in [6.07, 6.45) is 13.3. The molecule has 2 rings (SSSR count). The van der Waals surface area contributed by atoms with Gasteiger partial charge in [0.25, 0.3) is 0 Å². The van der Waals surface area contributed by atoms with Crippen molar-refractivity contribution in [3.63, 3.8) is 0 Å². The van der Waals surface area contributed by atoms with E-state index < -0.39 is 5.60 Å². The third-order valence-corrected chi connectivity index (χ3v) is 3.87. The number of hydrogen-bond acceptors (Lipinski definition) is 1. The van der Waals surface area contributed by atoms with E-state index in [1.165, 1.54) is 12.8 Å². The van der Waals surface area contributed by atoms with Crippen molar-refractivity contribution in [1.82, 2.24) is 0 Å². The van der Waals surface area contributed by atoms with E-state index in [1.807, 2.05) is 0 Å². The van der Waals surface area contributed by atoms with Gasteiger partial charge in [-0.25, -0.2) is 0 Å². The maximum Gasteiger partial charge on any atom is 0.130 e. The van der Waals surface area contributed by atoms with Crippen LogP contribution in [0.4, 0.5) is 0 Å². The van der Waals surface area contributed by atoms with Crippen molar-refractivity contribution < 1.29 is 5.11 Å². The predicted octanol–water partition coefficient (Wildman–Crippen LogP) is 2.09. The Bertz CT molecular complexity index is 214. The number of aliphatic hydroxyl groups is 1. The van der Waals surface area contributed by atoms with Gasteiger partial charge < -0.3 is 5.11 Å². The van der Waals surface area contributed by atoms with E-state index in [0.29, 0.717) is 0 Å². The van der Waals surface area contributed by atoms with E-state index in [9.17, 15) is 5.11 Å². The predicted molar refractivity (Wildman–Crippen MR) is 48.5 cm³/mol. The van der Waals surface area contributed by atoms with E-state index in [2.05, 4.69) is 5.92 Å². The Morgan fingerprint density at radius 3 is 2.17 bits per heavy atom. The van der Waals surface area contributed by atoms with Crippen molar-refractivity contribution in [3.8, 4) is 12.3 Å². The van der Waals surface area contributed by atoms with Gasteiger partial charge in [-0.1, -0.05) is 18.8 Å². The first kappa shape index (κ1) is 8.13. The first-order valence-electron chi connectivity index (χ1n) is 4.93. The van der Waals surface area contributed by atoms with Crippen molar-refractivity contribution in [1.29, 1.82) is 0 Å². The summed E-state index contributed by atoms with van der Waals surface area (Å²) in [5.41, 5.74) is -0.648. The van der Waals surface area contributed by atoms with E-state index >= 15 is 0 Å². The van der Waals surface area contributed by atoms with Crippen LogP contribution in [0.3, 0.4) is 0 Å². The second-order valence-corrected chi connectivity index (χ2v) is 4.35. The highest BCUT2D eigenvalue weighted by Gasteiger charge is 2.53. The lowest BCUT2D eigenvalue weighted by Gasteiger charge is -2.35. The minimum Gasteiger partial charge on any atom is -0.377 e. The molecule has 2 saturated carbocycles. The van der Waals surface area contributed by atoms with Crippen LogP contribution in [0.2, 0.25) is 0 Å². The summed E-state index contributed by atoms with van der Waals surface area (Å²) >= 11 is 0. The summed E-state index contributed by atoms with van der Waals surface area (Å²) in [4.78, 5) is 0. The van der Waals surface area contributed by atoms with Gasteiger partial charge in [-0.2, -0.15) is 0 Å². The summed E-state index contributed by atoms with van der Waals surface area (Å²) in [6, 6.07) is 0. The smallest absolute Gasteiger partial charge is 0.130 e. The molecule has 0 aromatic rings. The largest absolute Gasteiger partial charge is 0.377 e. The number of rotatable bonds is 0. The number of terminal acetylenes is 1. The average Bonchev–Trinajstić information content (AvgIpc) is 2.64. The molecule has 0 saturated heterocycles. The average molecular weight is 164 g/mol. The van der Waals surface area contributed by atoms with Crippen LogP contribution >= 0.6 is 0 Å². The van der Waals surface area contributed by atoms with Gasteiger partial charge >= 0.3 is 0 Å². The molecule has 1 atom stereocenters. The van der Waals surface area contributed by atoms with Crippen LogP contribution in [0.15, 0.2) is 0 Å². The van der Waals surface area contributed by atoms with E-state index in [-0.39, 0.29) is 5.41 Å². The molecule has 0 heterocycles. The highest BCUT2D eigenvalue weighted by Crippen LogP contribution is 2.56. The molecule has 0 bridgehead atoms. The van der Waals surface area contributed by atoms with Gasteiger partial charge in [-0.3, -0.25) is 0 Å². The van der Waals surface area contributed by atoms with Crippen LogP contribution in [-0.4, -0.2) is 10.7 Å². The fourth-order valence-corrected chi connectivity index (χ4v) is 3.10. The Morgan fingerprint density at radius 2 is 1.58 bits per heavy atom. The van der Waals surface area contributed by atoms with Gasteiger partial charge in [0.05, 0.1) is 0 Å². The van der Waals surface area contributed by atoms with E-state index in [4.69, 9.17) is 6.42 Å². The molecule has 0 radical (unpaired) electrons. The first-order chi connectivity index (χ1) is 5.72. The maximum atomic E-state index is 10.2. The molecular formula is C11H16O. The van der Waals surface area contributed by atoms with Crippen LogP contribution in [0.1, 0.15) is 44.9 Å². The van der Waals surface area contributed by atoms with Gasteiger partial charge in [0.1, 0.15) is 5.60 Å². The summed E-state index contributed by atoms with van der Waals surface area (Å²) < 4.78 is 0. The van der Waals surface area contributed by atoms with E-state index in [0.717, 1.165) is 32.1 Å². The summed E-state index contributed by atoms with van der Waals surface area (Å²) in [5.74, 6) is 2.63. The Morgan fingerprint density at radius 1 is 1.00 bits per heavy atom. The quantitative estimate of drug-likeness (QED) is 0.543. The van der Waals surface area contributed by atoms with Crippen LogP contribution in [0, 0.1) is 17.8 Å². The zero-order chi connectivity index (χ0) is 8.66. The molecule has 66 valence electrons. The second-order valence-electron chi connectivity index (χ2n) is 4.35. The third-order valence-electron chi connectivity index (χ3n) is 3.87. The minimum atomic E-state index is -0.760. The SMILES string of the molecule is C#CC1(O)CCCC12CCCC2. The van der Waals surface area contributed by atoms with Gasteiger partial charge in [0, 0.05) is 5.41 Å². The Kier molecular flexibility index (Phi) is 1.70. The molecule has 0 amide bonds. The fourth-order valence-electron chi connectivity index (χ4n) is 3.10. The molecule has 1 unspecified atom stereocenters. The normalized spacial score (nSPS) is 38.7. The lowest BCUT2D eigenvalue weighted by atomic mass is 9.73. The molecular weight excluding hydrogens is 148 g/mol. The first-order valence-corrected chi connectivity index (χ1v) is 4.93. The second kappa shape index (κ2) is 2.50. The van der Waals surface area contributed by atoms with Gasteiger partial charge in [0.2, 0.25) is 0 Å². The van der Waals surface area contributed by atoms with E-state index in [1.54, 1.807) is 0 Å². The molecule has 2 aliphatic rings. The van der Waals surface area contributed by atoms with Crippen molar-refractivity contribution in [2.45, 2.75) is 50.5 Å². The standard InChI is InChI=1S/C11H16O/c1-2-11(12)9-5-8-10(11)6-3-4-7-10/h1,12H,3-9H2. The zero-order valence-corrected chi connectivity index (χ0v) is 7.47. The van der Waals surface area contributed by atoms with Crippen molar-refractivity contribution >= 4 is 0 Å². The van der Waals surface area contributed by atoms with Gasteiger partial charge in [0.15, 0.2) is 0 Å². The zero-order valence-electron chi connectivity index (χ0n) is 7.47. The van der Waals surface area contributed by atoms with Crippen molar-refractivity contribution in [2.75, 3.05) is 0 Å². The molecule has 0 aromatic heterocycles. The van der Waals surface area contributed by atoms with Crippen molar-refractivity contribution in [2.24, 2.45) is 5.41 Å². The Hall–Kier alpha value is -0.480. The van der Waals surface area contributed by atoms with Crippen LogP contribution in [-0.2, 0) is 0 Å². The third kappa shape index (κ3) is 0.850. The maximum absolute atomic E-state index is 10.2. The lowest BCUT2D eigenvalue weighted by Crippen LogP contribution is -2.40. The van der Waals surface area contributed by atoms with Gasteiger partial charge in [-0.05, 0) is 32.1 Å². The molecule has 0 aromatic carbocycles. The monoisotopic (exact) mass is 164 g/mol. The molecule has 0 aliphatic heterocycles. The Labute approximate surface area is 74.2 Å². The molecule has 1 N–H and O–H groups in total. The molecule has 12 heavy (non-hydrogen) atoms. The molecule has 2 aliphatic carbocycles. The molecule has 1 heteroatoms. The Balaban J connectivity index is 2.30. The summed E-state index contributed by atoms with van der Waals surface area (Å²) in [5, 5.41) is 10.2. The van der Waals surface area contributed by atoms with Crippen LogP contribution in [0.5, 0.6) is 0 Å². The van der Waals surface area contributed by atoms with Crippen molar-refractivity contribution in [3.05, 3.63) is 0 Å². The molecule has 2 fully saturated rings. The summed E-state index contributed by atoms with van der Waals surface area (Å²) in [6.45, 7) is 0. The summed E-state index contributed by atoms with van der Waals surface area (Å²) in [7, 11) is 0.